The van der Waals surface area contributed by atoms with Crippen molar-refractivity contribution in [1.29, 1.82) is 0 Å². The van der Waals surface area contributed by atoms with E-state index in [0.717, 1.165) is 44.7 Å². The van der Waals surface area contributed by atoms with Crippen LogP contribution in [0.5, 0.6) is 0 Å². The van der Waals surface area contributed by atoms with Gasteiger partial charge in [-0.1, -0.05) is 18.9 Å². The van der Waals surface area contributed by atoms with Crippen LogP contribution in [0.15, 0.2) is 30.5 Å². The fraction of sp³-hybridized carbons (Fsp3) is 0.500. The number of likely N-dealkylation sites (N-methyl/N-ethyl adjacent to an activating group) is 1. The van der Waals surface area contributed by atoms with Gasteiger partial charge in [0, 0.05) is 43.6 Å². The Kier molecular flexibility index (Phi) is 5.38. The summed E-state index contributed by atoms with van der Waals surface area (Å²) in [5.74, 6) is 0.292. The number of nitrogens with one attached hydrogen (secondary N) is 2. The van der Waals surface area contributed by atoms with Crippen molar-refractivity contribution in [3.63, 3.8) is 0 Å². The molecular weight excluding hydrogens is 343 g/mol. The minimum absolute atomic E-state index is 0.287. The van der Waals surface area contributed by atoms with Crippen molar-refractivity contribution >= 4 is 23.1 Å². The van der Waals surface area contributed by atoms with Crippen molar-refractivity contribution in [3.8, 4) is 0 Å². The van der Waals surface area contributed by atoms with E-state index < -0.39 is 5.82 Å². The van der Waals surface area contributed by atoms with Crippen molar-refractivity contribution < 1.29 is 4.39 Å². The summed E-state index contributed by atoms with van der Waals surface area (Å²) in [7, 11) is 2.15. The third-order valence-corrected chi connectivity index (χ3v) is 5.41. The number of aromatic nitrogens is 2. The standard InChI is InChI=1S/C20H27FN6/c1-26-9-11-27(12-10-26)17-8-4-7-16(13-17)24-20-22-14-18(21)19(25-20)23-15-5-2-3-6-15/h4,7-8,13-15H,2-3,5-6,9-12H2,1H3,(H2,22,23,24,25). The van der Waals surface area contributed by atoms with Gasteiger partial charge in [-0.2, -0.15) is 4.98 Å². The summed E-state index contributed by atoms with van der Waals surface area (Å²) in [5.41, 5.74) is 2.09. The molecule has 2 N–H and O–H groups in total. The highest BCUT2D eigenvalue weighted by Crippen LogP contribution is 2.25. The van der Waals surface area contributed by atoms with E-state index in [9.17, 15) is 4.39 Å². The minimum Gasteiger partial charge on any atom is -0.369 e. The first-order valence-corrected chi connectivity index (χ1v) is 9.77. The van der Waals surface area contributed by atoms with E-state index in [1.54, 1.807) is 0 Å². The number of anilines is 4. The Labute approximate surface area is 159 Å². The maximum atomic E-state index is 14.1. The normalized spacial score (nSPS) is 18.7. The van der Waals surface area contributed by atoms with Crippen molar-refractivity contribution in [1.82, 2.24) is 14.9 Å². The molecule has 1 aromatic heterocycles. The second kappa shape index (κ2) is 8.08. The smallest absolute Gasteiger partial charge is 0.229 e. The van der Waals surface area contributed by atoms with Crippen molar-refractivity contribution in [2.45, 2.75) is 31.7 Å². The van der Waals surface area contributed by atoms with Crippen molar-refractivity contribution in [2.24, 2.45) is 0 Å². The molecule has 7 heteroatoms. The number of piperazine rings is 1. The molecule has 0 radical (unpaired) electrons. The summed E-state index contributed by atoms with van der Waals surface area (Å²) in [5, 5.41) is 6.44. The molecule has 2 heterocycles. The van der Waals surface area contributed by atoms with Gasteiger partial charge in [-0.05, 0) is 38.1 Å². The van der Waals surface area contributed by atoms with E-state index in [-0.39, 0.29) is 5.82 Å². The first-order valence-electron chi connectivity index (χ1n) is 9.77. The maximum Gasteiger partial charge on any atom is 0.229 e. The van der Waals surface area contributed by atoms with E-state index in [2.05, 4.69) is 49.6 Å². The quantitative estimate of drug-likeness (QED) is 0.841. The zero-order chi connectivity index (χ0) is 18.6. The third kappa shape index (κ3) is 4.47. The van der Waals surface area contributed by atoms with E-state index in [1.165, 1.54) is 24.7 Å². The highest BCUT2D eigenvalue weighted by atomic mass is 19.1. The van der Waals surface area contributed by atoms with Crippen LogP contribution < -0.4 is 15.5 Å². The van der Waals surface area contributed by atoms with Gasteiger partial charge in [0.2, 0.25) is 5.95 Å². The lowest BCUT2D eigenvalue weighted by atomic mass is 10.2. The number of nitrogens with zero attached hydrogens (tertiary/aromatic N) is 4. The molecule has 2 aromatic rings. The summed E-state index contributed by atoms with van der Waals surface area (Å²) in [6, 6.07) is 8.54. The molecule has 0 amide bonds. The Bertz CT molecular complexity index is 769. The van der Waals surface area contributed by atoms with Gasteiger partial charge in [0.1, 0.15) is 0 Å². The van der Waals surface area contributed by atoms with Gasteiger partial charge in [-0.25, -0.2) is 9.37 Å². The molecule has 144 valence electrons. The number of rotatable bonds is 5. The van der Waals surface area contributed by atoms with E-state index in [1.807, 2.05) is 12.1 Å². The Morgan fingerprint density at radius 1 is 1.11 bits per heavy atom. The molecule has 4 rings (SSSR count). The van der Waals surface area contributed by atoms with Crippen LogP contribution in [0.2, 0.25) is 0 Å². The van der Waals surface area contributed by atoms with Gasteiger partial charge < -0.3 is 20.4 Å². The van der Waals surface area contributed by atoms with Crippen LogP contribution in [0.4, 0.5) is 27.5 Å². The predicted octanol–water partition coefficient (Wildman–Crippen LogP) is 3.47. The van der Waals surface area contributed by atoms with Crippen LogP contribution in [0.1, 0.15) is 25.7 Å². The van der Waals surface area contributed by atoms with Gasteiger partial charge >= 0.3 is 0 Å². The molecule has 0 spiro atoms. The van der Waals surface area contributed by atoms with Crippen LogP contribution in [0.3, 0.4) is 0 Å². The number of halogens is 1. The Morgan fingerprint density at radius 3 is 2.67 bits per heavy atom. The van der Waals surface area contributed by atoms with Crippen LogP contribution in [-0.2, 0) is 0 Å². The third-order valence-electron chi connectivity index (χ3n) is 5.41. The highest BCUT2D eigenvalue weighted by molar-refractivity contribution is 5.62. The number of hydrogen-bond donors (Lipinski definition) is 2. The molecule has 1 saturated heterocycles. The average molecular weight is 370 g/mol. The second-order valence-corrected chi connectivity index (χ2v) is 7.48. The maximum absolute atomic E-state index is 14.1. The largest absolute Gasteiger partial charge is 0.369 e. The molecule has 0 atom stereocenters. The number of hydrogen-bond acceptors (Lipinski definition) is 6. The molecule has 1 aliphatic heterocycles. The lowest BCUT2D eigenvalue weighted by Gasteiger charge is -2.34. The SMILES string of the molecule is CN1CCN(c2cccc(Nc3ncc(F)c(NC4CCCC4)n3)c2)CC1. The molecule has 27 heavy (non-hydrogen) atoms. The monoisotopic (exact) mass is 370 g/mol. The Balaban J connectivity index is 1.46. The fourth-order valence-electron chi connectivity index (χ4n) is 3.77. The molecule has 1 saturated carbocycles. The van der Waals surface area contributed by atoms with Gasteiger partial charge in [0.05, 0.1) is 6.20 Å². The molecule has 6 nitrogen and oxygen atoms in total. The highest BCUT2D eigenvalue weighted by Gasteiger charge is 2.18. The second-order valence-electron chi connectivity index (χ2n) is 7.48. The molecule has 1 aromatic carbocycles. The summed E-state index contributed by atoms with van der Waals surface area (Å²) in [6.07, 6.45) is 5.75. The molecule has 2 fully saturated rings. The zero-order valence-electron chi connectivity index (χ0n) is 15.8. The zero-order valence-corrected chi connectivity index (χ0v) is 15.8. The topological polar surface area (TPSA) is 56.3 Å². The van der Waals surface area contributed by atoms with Crippen LogP contribution >= 0.6 is 0 Å². The number of benzene rings is 1. The Hall–Kier alpha value is -2.41. The first kappa shape index (κ1) is 18.0. The van der Waals surface area contributed by atoms with E-state index in [0.29, 0.717) is 12.0 Å². The van der Waals surface area contributed by atoms with Gasteiger partial charge in [-0.15, -0.1) is 0 Å². The molecule has 1 aliphatic carbocycles. The molecular formula is C20H27FN6. The van der Waals surface area contributed by atoms with Crippen LogP contribution in [0, 0.1) is 5.82 Å². The lowest BCUT2D eigenvalue weighted by molar-refractivity contribution is 0.313. The summed E-state index contributed by atoms with van der Waals surface area (Å²) >= 11 is 0. The minimum atomic E-state index is -0.404. The van der Waals surface area contributed by atoms with E-state index in [4.69, 9.17) is 0 Å². The van der Waals surface area contributed by atoms with Crippen LogP contribution in [-0.4, -0.2) is 54.1 Å². The van der Waals surface area contributed by atoms with Crippen LogP contribution in [0.25, 0.3) is 0 Å². The molecule has 2 aliphatic rings. The Morgan fingerprint density at radius 2 is 1.89 bits per heavy atom. The summed E-state index contributed by atoms with van der Waals surface area (Å²) in [4.78, 5) is 13.2. The summed E-state index contributed by atoms with van der Waals surface area (Å²) < 4.78 is 14.1. The summed E-state index contributed by atoms with van der Waals surface area (Å²) in [6.45, 7) is 4.16. The average Bonchev–Trinajstić information content (AvgIpc) is 3.18. The molecule has 0 bridgehead atoms. The van der Waals surface area contributed by atoms with Gasteiger partial charge in [0.15, 0.2) is 11.6 Å². The molecule has 0 unspecified atom stereocenters. The lowest BCUT2D eigenvalue weighted by Crippen LogP contribution is -2.44. The predicted molar refractivity (Wildman–Crippen MR) is 107 cm³/mol. The first-order chi connectivity index (χ1) is 13.2. The van der Waals surface area contributed by atoms with Crippen molar-refractivity contribution in [2.75, 3.05) is 48.8 Å². The van der Waals surface area contributed by atoms with Crippen molar-refractivity contribution in [3.05, 3.63) is 36.3 Å². The van der Waals surface area contributed by atoms with Gasteiger partial charge in [-0.3, -0.25) is 0 Å². The van der Waals surface area contributed by atoms with Gasteiger partial charge in [0.25, 0.3) is 0 Å². The fourth-order valence-corrected chi connectivity index (χ4v) is 3.77. The van der Waals surface area contributed by atoms with E-state index >= 15 is 0 Å².